The van der Waals surface area contributed by atoms with E-state index in [1.54, 1.807) is 0 Å². The van der Waals surface area contributed by atoms with Crippen molar-refractivity contribution in [3.63, 3.8) is 0 Å². The van der Waals surface area contributed by atoms with Crippen molar-refractivity contribution in [2.45, 2.75) is 19.1 Å². The molecule has 0 bridgehead atoms. The molecule has 18 heavy (non-hydrogen) atoms. The fourth-order valence-corrected chi connectivity index (χ4v) is 2.41. The number of nitrogens with two attached hydrogens (primary N) is 1. The molecule has 1 aliphatic rings. The van der Waals surface area contributed by atoms with E-state index >= 15 is 0 Å². The normalized spacial score (nSPS) is 22.3. The minimum absolute atomic E-state index is 0. The van der Waals surface area contributed by atoms with Gasteiger partial charge in [0.15, 0.2) is 0 Å². The second-order valence-corrected chi connectivity index (χ2v) is 4.89. The van der Waals surface area contributed by atoms with E-state index in [9.17, 15) is 0 Å². The first-order valence-electron chi connectivity index (χ1n) is 6.02. The molecule has 0 amide bonds. The third-order valence-corrected chi connectivity index (χ3v) is 3.55. The zero-order valence-electron chi connectivity index (χ0n) is 10.5. The number of hydrogen-bond donors (Lipinski definition) is 1. The Labute approximate surface area is 120 Å². The zero-order valence-corrected chi connectivity index (χ0v) is 12.1. The molecular weight excluding hydrogens is 271 g/mol. The maximum atomic E-state index is 6.02. The topological polar surface area (TPSA) is 38.5 Å². The molecule has 2 atom stereocenters. The molecule has 0 spiro atoms. The van der Waals surface area contributed by atoms with Gasteiger partial charge in [0.05, 0.1) is 12.7 Å². The number of halogens is 2. The number of ether oxygens (including phenoxy) is 1. The van der Waals surface area contributed by atoms with Crippen LogP contribution in [0.25, 0.3) is 0 Å². The highest BCUT2D eigenvalue weighted by Gasteiger charge is 2.23. The molecule has 2 unspecified atom stereocenters. The fourth-order valence-electron chi connectivity index (χ4n) is 2.21. The van der Waals surface area contributed by atoms with Crippen molar-refractivity contribution >= 4 is 24.0 Å². The molecule has 0 saturated carbocycles. The van der Waals surface area contributed by atoms with E-state index in [-0.39, 0.29) is 18.5 Å². The molecule has 1 saturated heterocycles. The second-order valence-electron chi connectivity index (χ2n) is 4.45. The average Bonchev–Trinajstić information content (AvgIpc) is 2.38. The number of morpholine rings is 1. The lowest BCUT2D eigenvalue weighted by Crippen LogP contribution is -2.46. The van der Waals surface area contributed by atoms with Gasteiger partial charge in [0.1, 0.15) is 0 Å². The first kappa shape index (κ1) is 15.7. The minimum atomic E-state index is 0. The van der Waals surface area contributed by atoms with Crippen LogP contribution < -0.4 is 5.73 Å². The second kappa shape index (κ2) is 7.31. The van der Waals surface area contributed by atoms with Crippen LogP contribution in [0.5, 0.6) is 0 Å². The molecule has 5 heteroatoms. The van der Waals surface area contributed by atoms with Gasteiger partial charge >= 0.3 is 0 Å². The molecular formula is C13H20Cl2N2O. The van der Waals surface area contributed by atoms with Crippen LogP contribution in [0, 0.1) is 0 Å². The Morgan fingerprint density at radius 2 is 2.33 bits per heavy atom. The highest BCUT2D eigenvalue weighted by Crippen LogP contribution is 2.24. The van der Waals surface area contributed by atoms with Crippen molar-refractivity contribution in [2.75, 3.05) is 26.2 Å². The molecule has 1 aliphatic heterocycles. The van der Waals surface area contributed by atoms with Crippen molar-refractivity contribution in [1.29, 1.82) is 0 Å². The largest absolute Gasteiger partial charge is 0.374 e. The highest BCUT2D eigenvalue weighted by atomic mass is 35.5. The molecule has 0 radical (unpaired) electrons. The molecule has 1 aromatic rings. The lowest BCUT2D eigenvalue weighted by atomic mass is 10.1. The Morgan fingerprint density at radius 3 is 3.00 bits per heavy atom. The van der Waals surface area contributed by atoms with Crippen LogP contribution in [0.1, 0.15) is 18.5 Å². The molecule has 2 rings (SSSR count). The van der Waals surface area contributed by atoms with E-state index in [0.29, 0.717) is 12.6 Å². The van der Waals surface area contributed by atoms with Gasteiger partial charge in [-0.15, -0.1) is 12.4 Å². The van der Waals surface area contributed by atoms with Crippen LogP contribution in [0.2, 0.25) is 5.02 Å². The smallest absolute Gasteiger partial charge is 0.0824 e. The summed E-state index contributed by atoms with van der Waals surface area (Å²) < 4.78 is 5.57. The van der Waals surface area contributed by atoms with E-state index in [2.05, 4.69) is 17.9 Å². The summed E-state index contributed by atoms with van der Waals surface area (Å²) in [6, 6.07) is 8.39. The van der Waals surface area contributed by atoms with Gasteiger partial charge in [-0.05, 0) is 24.6 Å². The van der Waals surface area contributed by atoms with Crippen molar-refractivity contribution in [3.8, 4) is 0 Å². The molecule has 2 N–H and O–H groups in total. The predicted octanol–water partition coefficient (Wildman–Crippen LogP) is 2.48. The van der Waals surface area contributed by atoms with Crippen molar-refractivity contribution in [2.24, 2.45) is 5.73 Å². The van der Waals surface area contributed by atoms with E-state index in [0.717, 1.165) is 24.7 Å². The summed E-state index contributed by atoms with van der Waals surface area (Å²) in [4.78, 5) is 2.40. The summed E-state index contributed by atoms with van der Waals surface area (Å²) in [6.45, 7) is 5.38. The Morgan fingerprint density at radius 1 is 1.56 bits per heavy atom. The number of benzene rings is 1. The first-order chi connectivity index (χ1) is 8.20. The Hall–Kier alpha value is -0.320. The van der Waals surface area contributed by atoms with E-state index < -0.39 is 0 Å². The van der Waals surface area contributed by atoms with Gasteiger partial charge in [-0.2, -0.15) is 0 Å². The Balaban J connectivity index is 0.00000162. The number of nitrogens with zero attached hydrogens (tertiary/aromatic N) is 1. The summed E-state index contributed by atoms with van der Waals surface area (Å²) in [5, 5.41) is 0.790. The van der Waals surface area contributed by atoms with Crippen LogP contribution in [0.15, 0.2) is 24.3 Å². The zero-order chi connectivity index (χ0) is 12.3. The van der Waals surface area contributed by atoms with Crippen LogP contribution in [-0.4, -0.2) is 37.2 Å². The lowest BCUT2D eigenvalue weighted by Gasteiger charge is -2.36. The fraction of sp³-hybridized carbons (Fsp3) is 0.538. The lowest BCUT2D eigenvalue weighted by molar-refractivity contribution is -0.0364. The summed E-state index contributed by atoms with van der Waals surface area (Å²) in [5.41, 5.74) is 6.90. The molecule has 1 aromatic carbocycles. The van der Waals surface area contributed by atoms with Crippen molar-refractivity contribution in [3.05, 3.63) is 34.9 Å². The Bertz CT molecular complexity index is 376. The average molecular weight is 291 g/mol. The van der Waals surface area contributed by atoms with Crippen molar-refractivity contribution in [1.82, 2.24) is 4.90 Å². The predicted molar refractivity (Wildman–Crippen MR) is 77.5 cm³/mol. The Kier molecular flexibility index (Phi) is 6.39. The van der Waals surface area contributed by atoms with Gasteiger partial charge < -0.3 is 10.5 Å². The third-order valence-electron chi connectivity index (χ3n) is 3.31. The quantitative estimate of drug-likeness (QED) is 0.930. The SMILES string of the molecule is CC(c1cccc(Cl)c1)N1CCOC(CN)C1.Cl. The van der Waals surface area contributed by atoms with E-state index in [1.165, 1.54) is 5.56 Å². The molecule has 1 fully saturated rings. The molecule has 0 aliphatic carbocycles. The van der Waals surface area contributed by atoms with Gasteiger partial charge in [0.25, 0.3) is 0 Å². The van der Waals surface area contributed by atoms with Crippen LogP contribution in [0.4, 0.5) is 0 Å². The molecule has 1 heterocycles. The maximum Gasteiger partial charge on any atom is 0.0824 e. The first-order valence-corrected chi connectivity index (χ1v) is 6.39. The molecule has 102 valence electrons. The van der Waals surface area contributed by atoms with Gasteiger partial charge in [0.2, 0.25) is 0 Å². The summed E-state index contributed by atoms with van der Waals surface area (Å²) in [5.74, 6) is 0. The van der Waals surface area contributed by atoms with Gasteiger partial charge in [-0.1, -0.05) is 23.7 Å². The third kappa shape index (κ3) is 3.84. The highest BCUT2D eigenvalue weighted by molar-refractivity contribution is 6.30. The van der Waals surface area contributed by atoms with Gasteiger partial charge in [-0.25, -0.2) is 0 Å². The van der Waals surface area contributed by atoms with E-state index in [1.807, 2.05) is 18.2 Å². The standard InChI is InChI=1S/C13H19ClN2O.ClH/c1-10(11-3-2-4-12(14)7-11)16-5-6-17-13(8-15)9-16;/h2-4,7,10,13H,5-6,8-9,15H2,1H3;1H. The van der Waals surface area contributed by atoms with Crippen molar-refractivity contribution < 1.29 is 4.74 Å². The summed E-state index contributed by atoms with van der Waals surface area (Å²) >= 11 is 6.02. The minimum Gasteiger partial charge on any atom is -0.374 e. The van der Waals surface area contributed by atoms with E-state index in [4.69, 9.17) is 22.1 Å². The van der Waals surface area contributed by atoms with Crippen LogP contribution in [-0.2, 0) is 4.74 Å². The van der Waals surface area contributed by atoms with Crippen LogP contribution in [0.3, 0.4) is 0 Å². The summed E-state index contributed by atoms with van der Waals surface area (Å²) in [6.07, 6.45) is 0.158. The van der Waals surface area contributed by atoms with Gasteiger partial charge in [0, 0.05) is 30.7 Å². The monoisotopic (exact) mass is 290 g/mol. The number of rotatable bonds is 3. The van der Waals surface area contributed by atoms with Gasteiger partial charge in [-0.3, -0.25) is 4.90 Å². The molecule has 3 nitrogen and oxygen atoms in total. The van der Waals surface area contributed by atoms with Crippen LogP contribution >= 0.6 is 24.0 Å². The maximum absolute atomic E-state index is 6.02. The number of hydrogen-bond acceptors (Lipinski definition) is 3. The summed E-state index contributed by atoms with van der Waals surface area (Å²) in [7, 11) is 0. The molecule has 0 aromatic heterocycles.